The first kappa shape index (κ1) is 92.1. The van der Waals surface area contributed by atoms with Gasteiger partial charge in [-0.05, 0) is 49.4 Å². The van der Waals surface area contributed by atoms with Crippen molar-refractivity contribution in [3.63, 3.8) is 0 Å². The molecular formula is C75H146O17P2. The van der Waals surface area contributed by atoms with Crippen molar-refractivity contribution < 1.29 is 80.2 Å². The third kappa shape index (κ3) is 66.0. The molecule has 0 saturated carbocycles. The zero-order chi connectivity index (χ0) is 69.6. The standard InChI is InChI=1S/C75H146O17P2/c1-9-67(7)53-45-37-29-23-18-19-25-31-41-49-57-74(79)92-71(62-86-73(78)56-48-40-34-33-38-46-54-68(8)10-2)64-90-94(83,84)88-60-69(76)59-87-93(81,82)89-63-70(91-75(80)58-50-42-32-26-20-22-28-36-44-52-66(5)6)61-85-72(77)55-47-39-30-24-17-15-13-11-12-14-16-21-27-35-43-51-65(3)4/h65-71,76H,9-64H2,1-8H3,(H,81,82)(H,83,84)/t67?,68?,69-,70-,71-/m1/s1. The van der Waals surface area contributed by atoms with Crippen LogP contribution in [0, 0.1) is 23.7 Å². The predicted octanol–water partition coefficient (Wildman–Crippen LogP) is 21.7. The highest BCUT2D eigenvalue weighted by Crippen LogP contribution is 2.45. The molecule has 0 amide bonds. The molecule has 17 nitrogen and oxygen atoms in total. The maximum atomic E-state index is 13.1. The summed E-state index contributed by atoms with van der Waals surface area (Å²) in [6, 6.07) is 0. The second-order valence-electron chi connectivity index (χ2n) is 28.5. The summed E-state index contributed by atoms with van der Waals surface area (Å²) in [6.07, 6.45) is 48.5. The van der Waals surface area contributed by atoms with Crippen LogP contribution in [0.5, 0.6) is 0 Å². The number of carbonyl (C=O) groups is 4. The fraction of sp³-hybridized carbons (Fsp3) is 0.947. The smallest absolute Gasteiger partial charge is 0.462 e. The Morgan fingerprint density at radius 1 is 0.298 bits per heavy atom. The number of aliphatic hydroxyl groups excluding tert-OH is 1. The summed E-state index contributed by atoms with van der Waals surface area (Å²) in [7, 11) is -9.91. The number of unbranched alkanes of at least 4 members (excludes halogenated alkanes) is 36. The molecule has 0 rings (SSSR count). The molecular weight excluding hydrogens is 1230 g/mol. The Bertz CT molecular complexity index is 1850. The lowest BCUT2D eigenvalue weighted by atomic mass is 9.99. The van der Waals surface area contributed by atoms with Crippen molar-refractivity contribution in [2.45, 2.75) is 395 Å². The molecule has 0 bridgehead atoms. The van der Waals surface area contributed by atoms with Gasteiger partial charge < -0.3 is 33.8 Å². The average molecular weight is 1380 g/mol. The fourth-order valence-electron chi connectivity index (χ4n) is 11.3. The summed E-state index contributed by atoms with van der Waals surface area (Å²) < 4.78 is 68.5. The van der Waals surface area contributed by atoms with E-state index in [0.717, 1.165) is 120 Å². The van der Waals surface area contributed by atoms with Gasteiger partial charge in [0.15, 0.2) is 12.2 Å². The highest BCUT2D eigenvalue weighted by molar-refractivity contribution is 7.47. The second kappa shape index (κ2) is 64.4. The van der Waals surface area contributed by atoms with Gasteiger partial charge >= 0.3 is 39.5 Å². The quantitative estimate of drug-likeness (QED) is 0.0222. The summed E-state index contributed by atoms with van der Waals surface area (Å²) in [5.74, 6) is 0.953. The van der Waals surface area contributed by atoms with E-state index < -0.39 is 97.5 Å². The van der Waals surface area contributed by atoms with Crippen molar-refractivity contribution >= 4 is 39.5 Å². The average Bonchev–Trinajstić information content (AvgIpc) is 1.20. The summed E-state index contributed by atoms with van der Waals surface area (Å²) >= 11 is 0. The van der Waals surface area contributed by atoms with Gasteiger partial charge in [0.25, 0.3) is 0 Å². The monoisotopic (exact) mass is 1380 g/mol. The minimum absolute atomic E-state index is 0.105. The second-order valence-corrected chi connectivity index (χ2v) is 31.4. The summed E-state index contributed by atoms with van der Waals surface area (Å²) in [5, 5.41) is 10.6. The van der Waals surface area contributed by atoms with Crippen LogP contribution >= 0.6 is 15.6 Å². The maximum Gasteiger partial charge on any atom is 0.472 e. The molecule has 0 aliphatic carbocycles. The molecule has 0 fully saturated rings. The fourth-order valence-corrected chi connectivity index (χ4v) is 12.9. The van der Waals surface area contributed by atoms with Gasteiger partial charge in [-0.3, -0.25) is 37.3 Å². The molecule has 0 radical (unpaired) electrons. The van der Waals surface area contributed by atoms with Gasteiger partial charge in [-0.1, -0.05) is 325 Å². The number of phosphoric ester groups is 2. The van der Waals surface area contributed by atoms with Crippen LogP contribution < -0.4 is 0 Å². The highest BCUT2D eigenvalue weighted by atomic mass is 31.2. The van der Waals surface area contributed by atoms with E-state index in [4.69, 9.17) is 37.0 Å². The summed E-state index contributed by atoms with van der Waals surface area (Å²) in [5.41, 5.74) is 0. The normalized spacial score (nSPS) is 14.7. The molecule has 94 heavy (non-hydrogen) atoms. The largest absolute Gasteiger partial charge is 0.472 e. The van der Waals surface area contributed by atoms with E-state index in [-0.39, 0.29) is 25.7 Å². The number of hydrogen-bond acceptors (Lipinski definition) is 15. The van der Waals surface area contributed by atoms with E-state index in [2.05, 4.69) is 55.4 Å². The van der Waals surface area contributed by atoms with Crippen LogP contribution in [-0.4, -0.2) is 96.7 Å². The first-order valence-corrected chi connectivity index (χ1v) is 41.8. The van der Waals surface area contributed by atoms with Gasteiger partial charge in [-0.25, -0.2) is 9.13 Å². The predicted molar refractivity (Wildman–Crippen MR) is 381 cm³/mol. The van der Waals surface area contributed by atoms with Crippen molar-refractivity contribution in [1.82, 2.24) is 0 Å². The Kier molecular flexibility index (Phi) is 63.1. The van der Waals surface area contributed by atoms with Crippen LogP contribution in [-0.2, 0) is 65.4 Å². The van der Waals surface area contributed by atoms with Crippen LogP contribution in [0.4, 0.5) is 0 Å². The minimum atomic E-state index is -4.96. The molecule has 4 unspecified atom stereocenters. The highest BCUT2D eigenvalue weighted by Gasteiger charge is 2.30. The molecule has 0 aliphatic heterocycles. The molecule has 0 aliphatic rings. The third-order valence-corrected chi connectivity index (χ3v) is 19.9. The number of hydrogen-bond donors (Lipinski definition) is 3. The number of carbonyl (C=O) groups excluding carboxylic acids is 4. The van der Waals surface area contributed by atoms with Crippen LogP contribution in [0.15, 0.2) is 0 Å². The van der Waals surface area contributed by atoms with Crippen molar-refractivity contribution in [1.29, 1.82) is 0 Å². The van der Waals surface area contributed by atoms with E-state index in [1.165, 1.54) is 173 Å². The number of rotatable bonds is 72. The van der Waals surface area contributed by atoms with E-state index in [1.807, 2.05) is 0 Å². The molecule has 558 valence electrons. The van der Waals surface area contributed by atoms with Gasteiger partial charge in [0.2, 0.25) is 0 Å². The molecule has 7 atom stereocenters. The Morgan fingerprint density at radius 2 is 0.511 bits per heavy atom. The zero-order valence-electron chi connectivity index (χ0n) is 61.6. The Balaban J connectivity index is 5.23. The van der Waals surface area contributed by atoms with Crippen LogP contribution in [0.1, 0.15) is 376 Å². The molecule has 0 aromatic heterocycles. The van der Waals surface area contributed by atoms with E-state index in [9.17, 15) is 43.2 Å². The first-order chi connectivity index (χ1) is 45.2. The molecule has 19 heteroatoms. The number of aliphatic hydroxyl groups is 1. The lowest BCUT2D eigenvalue weighted by Crippen LogP contribution is -2.30. The van der Waals surface area contributed by atoms with Gasteiger partial charge in [-0.15, -0.1) is 0 Å². The Hall–Kier alpha value is -1.94. The van der Waals surface area contributed by atoms with Crippen LogP contribution in [0.25, 0.3) is 0 Å². The SMILES string of the molecule is CCC(C)CCCCCCCCCCCCC(=O)O[C@H](COC(=O)CCCCCCCCC(C)CC)COP(=O)(O)OC[C@H](O)COP(=O)(O)OC[C@@H](COC(=O)CCCCCCCCCCCCCCCCCC(C)C)OC(=O)CCCCCCCCCCCC(C)C. The molecule has 0 spiro atoms. The zero-order valence-corrected chi connectivity index (χ0v) is 63.4. The number of phosphoric acid groups is 2. The van der Waals surface area contributed by atoms with Gasteiger partial charge in [0.05, 0.1) is 26.4 Å². The molecule has 3 N–H and O–H groups in total. The first-order valence-electron chi connectivity index (χ1n) is 38.8. The van der Waals surface area contributed by atoms with Crippen LogP contribution in [0.2, 0.25) is 0 Å². The summed E-state index contributed by atoms with van der Waals surface area (Å²) in [4.78, 5) is 72.8. The Labute approximate surface area is 575 Å². The molecule has 0 saturated heterocycles. The van der Waals surface area contributed by atoms with Gasteiger partial charge in [0, 0.05) is 25.7 Å². The topological polar surface area (TPSA) is 237 Å². The lowest BCUT2D eigenvalue weighted by molar-refractivity contribution is -0.161. The maximum absolute atomic E-state index is 13.1. The van der Waals surface area contributed by atoms with Gasteiger partial charge in [0.1, 0.15) is 19.3 Å². The number of esters is 4. The van der Waals surface area contributed by atoms with E-state index in [1.54, 1.807) is 0 Å². The van der Waals surface area contributed by atoms with E-state index in [0.29, 0.717) is 25.7 Å². The van der Waals surface area contributed by atoms with Crippen LogP contribution in [0.3, 0.4) is 0 Å². The molecule has 0 aromatic rings. The minimum Gasteiger partial charge on any atom is -0.462 e. The van der Waals surface area contributed by atoms with Crippen molar-refractivity contribution in [3.8, 4) is 0 Å². The molecule has 0 aromatic carbocycles. The third-order valence-electron chi connectivity index (χ3n) is 18.0. The summed E-state index contributed by atoms with van der Waals surface area (Å²) in [6.45, 7) is 14.2. The lowest BCUT2D eigenvalue weighted by Gasteiger charge is -2.21. The van der Waals surface area contributed by atoms with Crippen molar-refractivity contribution in [2.75, 3.05) is 39.6 Å². The van der Waals surface area contributed by atoms with Crippen molar-refractivity contribution in [2.24, 2.45) is 23.7 Å². The molecule has 0 heterocycles. The Morgan fingerprint density at radius 3 is 0.755 bits per heavy atom. The van der Waals surface area contributed by atoms with Gasteiger partial charge in [-0.2, -0.15) is 0 Å². The van der Waals surface area contributed by atoms with Crippen molar-refractivity contribution in [3.05, 3.63) is 0 Å². The van der Waals surface area contributed by atoms with E-state index >= 15 is 0 Å². The number of ether oxygens (including phenoxy) is 4.